The lowest BCUT2D eigenvalue weighted by Crippen LogP contribution is -2.53. The van der Waals surface area contributed by atoms with E-state index in [1.807, 2.05) is 20.8 Å². The number of hydrogen-bond acceptors (Lipinski definition) is 3. The van der Waals surface area contributed by atoms with E-state index < -0.39 is 24.1 Å². The second-order valence-electron chi connectivity index (χ2n) is 4.21. The maximum absolute atomic E-state index is 11.4. The number of carboxylic acids is 1. The van der Waals surface area contributed by atoms with Gasteiger partial charge < -0.3 is 20.8 Å². The molecule has 0 bridgehead atoms. The summed E-state index contributed by atoms with van der Waals surface area (Å²) in [5, 5.41) is 22.7. The predicted octanol–water partition coefficient (Wildman–Crippen LogP) is 0.164. The van der Waals surface area contributed by atoms with Crippen LogP contribution in [-0.4, -0.2) is 40.4 Å². The number of urea groups is 1. The van der Waals surface area contributed by atoms with Gasteiger partial charge in [0.05, 0.1) is 6.10 Å². The third-order valence-corrected chi connectivity index (χ3v) is 2.39. The fourth-order valence-corrected chi connectivity index (χ4v) is 0.945. The molecule has 6 nitrogen and oxygen atoms in total. The molecule has 6 heteroatoms. The van der Waals surface area contributed by atoms with E-state index in [0.29, 0.717) is 0 Å². The van der Waals surface area contributed by atoms with E-state index in [1.54, 1.807) is 0 Å². The van der Waals surface area contributed by atoms with Crippen LogP contribution in [0.3, 0.4) is 0 Å². The molecule has 0 radical (unpaired) electrons. The molecule has 0 aromatic heterocycles. The van der Waals surface area contributed by atoms with Crippen LogP contribution in [0.5, 0.6) is 0 Å². The van der Waals surface area contributed by atoms with Crippen LogP contribution in [0.1, 0.15) is 27.7 Å². The summed E-state index contributed by atoms with van der Waals surface area (Å²) in [5.41, 5.74) is 0. The molecule has 16 heavy (non-hydrogen) atoms. The Hall–Kier alpha value is -1.30. The molecule has 0 aliphatic heterocycles. The van der Waals surface area contributed by atoms with Gasteiger partial charge in [-0.1, -0.05) is 13.8 Å². The Morgan fingerprint density at radius 3 is 1.88 bits per heavy atom. The molecular weight excluding hydrogens is 212 g/mol. The number of carboxylic acid groups (broad SMARTS) is 1. The molecule has 3 atom stereocenters. The molecule has 0 saturated heterocycles. The van der Waals surface area contributed by atoms with Crippen molar-refractivity contribution in [2.45, 2.75) is 45.9 Å². The van der Waals surface area contributed by atoms with Gasteiger partial charge in [0.1, 0.15) is 0 Å². The number of carbonyl (C=O) groups is 2. The Morgan fingerprint density at radius 1 is 1.06 bits per heavy atom. The fourth-order valence-electron chi connectivity index (χ4n) is 0.945. The van der Waals surface area contributed by atoms with Crippen molar-refractivity contribution >= 4 is 12.0 Å². The molecule has 0 aliphatic rings. The molecule has 4 N–H and O–H groups in total. The summed E-state index contributed by atoms with van der Waals surface area (Å²) in [6, 6.07) is -1.95. The minimum Gasteiger partial charge on any atom is -0.480 e. The van der Waals surface area contributed by atoms with Gasteiger partial charge in [-0.05, 0) is 19.8 Å². The largest absolute Gasteiger partial charge is 0.480 e. The van der Waals surface area contributed by atoms with Crippen LogP contribution in [0.25, 0.3) is 0 Å². The lowest BCUT2D eigenvalue weighted by molar-refractivity contribution is -0.141. The maximum Gasteiger partial charge on any atom is 0.328 e. The van der Waals surface area contributed by atoms with E-state index in [4.69, 9.17) is 10.2 Å². The van der Waals surface area contributed by atoms with Crippen LogP contribution in [0, 0.1) is 5.92 Å². The number of hydrogen-bond donors (Lipinski definition) is 4. The van der Waals surface area contributed by atoms with E-state index in [1.165, 1.54) is 6.92 Å². The summed E-state index contributed by atoms with van der Waals surface area (Å²) in [4.78, 5) is 22.1. The third-order valence-electron chi connectivity index (χ3n) is 2.39. The van der Waals surface area contributed by atoms with Gasteiger partial charge in [-0.3, -0.25) is 0 Å². The quantitative estimate of drug-likeness (QED) is 0.543. The second-order valence-corrected chi connectivity index (χ2v) is 4.21. The second kappa shape index (κ2) is 6.32. The van der Waals surface area contributed by atoms with Crippen molar-refractivity contribution in [2.24, 2.45) is 5.92 Å². The Balaban J connectivity index is 4.26. The topological polar surface area (TPSA) is 98.7 Å². The number of nitrogens with one attached hydrogen (secondary N) is 2. The van der Waals surface area contributed by atoms with E-state index >= 15 is 0 Å². The minimum atomic E-state index is -1.29. The number of rotatable bonds is 5. The van der Waals surface area contributed by atoms with Gasteiger partial charge in [0.2, 0.25) is 0 Å². The third kappa shape index (κ3) is 4.97. The first-order valence-electron chi connectivity index (χ1n) is 5.23. The van der Waals surface area contributed by atoms with Gasteiger partial charge in [-0.15, -0.1) is 0 Å². The normalized spacial score (nSPS) is 16.4. The zero-order valence-corrected chi connectivity index (χ0v) is 10.0. The molecule has 0 saturated carbocycles. The summed E-state index contributed by atoms with van der Waals surface area (Å²) in [6.07, 6.45) is -1.14. The lowest BCUT2D eigenvalue weighted by atomic mass is 10.1. The number of aliphatic hydroxyl groups excluding tert-OH is 1. The highest BCUT2D eigenvalue weighted by Gasteiger charge is 2.25. The lowest BCUT2D eigenvalue weighted by Gasteiger charge is -2.21. The molecule has 0 heterocycles. The van der Waals surface area contributed by atoms with Crippen LogP contribution >= 0.6 is 0 Å². The summed E-state index contributed by atoms with van der Waals surface area (Å²) in [5.74, 6) is -1.01. The van der Waals surface area contributed by atoms with Crippen molar-refractivity contribution in [1.29, 1.82) is 0 Å². The highest BCUT2D eigenvalue weighted by molar-refractivity contribution is 5.83. The predicted molar refractivity (Wildman–Crippen MR) is 59.1 cm³/mol. The van der Waals surface area contributed by atoms with Gasteiger partial charge in [0.25, 0.3) is 0 Å². The molecule has 94 valence electrons. The molecule has 0 aromatic rings. The molecule has 2 amide bonds. The van der Waals surface area contributed by atoms with E-state index in [0.717, 1.165) is 0 Å². The first-order valence-corrected chi connectivity index (χ1v) is 5.23. The van der Waals surface area contributed by atoms with Crippen LogP contribution < -0.4 is 10.6 Å². The van der Waals surface area contributed by atoms with Gasteiger partial charge in [0.15, 0.2) is 6.04 Å². The van der Waals surface area contributed by atoms with Crippen LogP contribution in [0.4, 0.5) is 4.79 Å². The highest BCUT2D eigenvalue weighted by Crippen LogP contribution is 2.00. The molecule has 1 unspecified atom stereocenters. The SMILES string of the molecule is CC(C)C(C)NC(=O)N[C@H](C(=O)O)[C@@H](C)O. The Kier molecular flexibility index (Phi) is 5.81. The molecule has 0 aliphatic carbocycles. The number of aliphatic hydroxyl groups is 1. The molecule has 0 fully saturated rings. The standard InChI is InChI=1S/C10H20N2O4/c1-5(2)6(3)11-10(16)12-8(7(4)13)9(14)15/h5-8,13H,1-4H3,(H,14,15)(H2,11,12,16)/t6?,7-,8+/m1/s1. The zero-order valence-electron chi connectivity index (χ0n) is 10.0. The van der Waals surface area contributed by atoms with Crippen molar-refractivity contribution in [1.82, 2.24) is 10.6 Å². The molecule has 0 aromatic carbocycles. The van der Waals surface area contributed by atoms with Gasteiger partial charge in [-0.2, -0.15) is 0 Å². The van der Waals surface area contributed by atoms with Crippen molar-refractivity contribution in [2.75, 3.05) is 0 Å². The highest BCUT2D eigenvalue weighted by atomic mass is 16.4. The van der Waals surface area contributed by atoms with Gasteiger partial charge in [0, 0.05) is 6.04 Å². The van der Waals surface area contributed by atoms with Crippen molar-refractivity contribution in [3.05, 3.63) is 0 Å². The smallest absolute Gasteiger partial charge is 0.328 e. The molecular formula is C10H20N2O4. The monoisotopic (exact) mass is 232 g/mol. The van der Waals surface area contributed by atoms with Gasteiger partial charge >= 0.3 is 12.0 Å². The minimum absolute atomic E-state index is 0.0663. The van der Waals surface area contributed by atoms with Crippen LogP contribution in [-0.2, 0) is 4.79 Å². The average Bonchev–Trinajstić information content (AvgIpc) is 2.12. The van der Waals surface area contributed by atoms with E-state index in [-0.39, 0.29) is 12.0 Å². The van der Waals surface area contributed by atoms with E-state index in [9.17, 15) is 9.59 Å². The molecule has 0 spiro atoms. The van der Waals surface area contributed by atoms with Crippen LogP contribution in [0.2, 0.25) is 0 Å². The Bertz CT molecular complexity index is 253. The first-order chi connectivity index (χ1) is 7.25. The Morgan fingerprint density at radius 2 is 1.56 bits per heavy atom. The van der Waals surface area contributed by atoms with Crippen molar-refractivity contribution in [3.63, 3.8) is 0 Å². The van der Waals surface area contributed by atoms with Crippen molar-refractivity contribution in [3.8, 4) is 0 Å². The van der Waals surface area contributed by atoms with Gasteiger partial charge in [-0.25, -0.2) is 9.59 Å². The average molecular weight is 232 g/mol. The molecule has 0 rings (SSSR count). The van der Waals surface area contributed by atoms with E-state index in [2.05, 4.69) is 10.6 Å². The Labute approximate surface area is 95.0 Å². The van der Waals surface area contributed by atoms with Crippen molar-refractivity contribution < 1.29 is 19.8 Å². The maximum atomic E-state index is 11.4. The number of amides is 2. The number of aliphatic carboxylic acids is 1. The first kappa shape index (κ1) is 14.7. The summed E-state index contributed by atoms with van der Waals surface area (Å²) in [7, 11) is 0. The summed E-state index contributed by atoms with van der Waals surface area (Å²) >= 11 is 0. The number of carbonyl (C=O) groups excluding carboxylic acids is 1. The fraction of sp³-hybridized carbons (Fsp3) is 0.800. The van der Waals surface area contributed by atoms with Crippen LogP contribution in [0.15, 0.2) is 0 Å². The zero-order chi connectivity index (χ0) is 12.9. The summed E-state index contributed by atoms with van der Waals surface area (Å²) < 4.78 is 0. The summed E-state index contributed by atoms with van der Waals surface area (Å²) in [6.45, 7) is 7.01.